The van der Waals surface area contributed by atoms with Crippen LogP contribution >= 0.6 is 0 Å². The highest BCUT2D eigenvalue weighted by Gasteiger charge is 1.99. The van der Waals surface area contributed by atoms with Gasteiger partial charge in [-0.3, -0.25) is 4.79 Å². The van der Waals surface area contributed by atoms with Gasteiger partial charge in [0, 0.05) is 6.54 Å². The number of rotatable bonds is 13. The molecule has 140 valence electrons. The molecule has 0 radical (unpaired) electrons. The van der Waals surface area contributed by atoms with Gasteiger partial charge < -0.3 is 15.2 Å². The first kappa shape index (κ1) is 20.0. The molecule has 2 aromatic rings. The Bertz CT molecular complexity index is 626. The SMILES string of the molecule is O=C(O)CCNCCc1ccc(OCCCCCc2ccccc2)cc1. The average molecular weight is 355 g/mol. The number of nitrogens with one attached hydrogen (secondary N) is 1. The van der Waals surface area contributed by atoms with Crippen LogP contribution in [0.25, 0.3) is 0 Å². The fourth-order valence-corrected chi connectivity index (χ4v) is 2.75. The van der Waals surface area contributed by atoms with E-state index in [4.69, 9.17) is 9.84 Å². The molecule has 0 amide bonds. The zero-order valence-corrected chi connectivity index (χ0v) is 15.3. The minimum Gasteiger partial charge on any atom is -0.494 e. The minimum absolute atomic E-state index is 0.165. The summed E-state index contributed by atoms with van der Waals surface area (Å²) in [5.41, 5.74) is 2.63. The molecule has 0 spiro atoms. The molecule has 0 aromatic heterocycles. The van der Waals surface area contributed by atoms with E-state index in [1.807, 2.05) is 12.1 Å². The van der Waals surface area contributed by atoms with Crippen LogP contribution in [0.1, 0.15) is 36.8 Å². The third-order valence-electron chi connectivity index (χ3n) is 4.25. The van der Waals surface area contributed by atoms with E-state index in [1.54, 1.807) is 0 Å². The van der Waals surface area contributed by atoms with Gasteiger partial charge in [-0.25, -0.2) is 0 Å². The maximum absolute atomic E-state index is 10.4. The lowest BCUT2D eigenvalue weighted by molar-refractivity contribution is -0.136. The molecule has 2 N–H and O–H groups in total. The van der Waals surface area contributed by atoms with Crippen molar-refractivity contribution in [3.8, 4) is 5.75 Å². The fourth-order valence-electron chi connectivity index (χ4n) is 2.75. The molecule has 0 aliphatic carbocycles. The van der Waals surface area contributed by atoms with Gasteiger partial charge in [0.05, 0.1) is 13.0 Å². The van der Waals surface area contributed by atoms with E-state index in [-0.39, 0.29) is 6.42 Å². The lowest BCUT2D eigenvalue weighted by Gasteiger charge is -2.08. The van der Waals surface area contributed by atoms with Crippen LogP contribution in [0, 0.1) is 0 Å². The largest absolute Gasteiger partial charge is 0.494 e. The summed E-state index contributed by atoms with van der Waals surface area (Å²) in [7, 11) is 0. The van der Waals surface area contributed by atoms with Crippen LogP contribution in [0.2, 0.25) is 0 Å². The van der Waals surface area contributed by atoms with Gasteiger partial charge in [0.1, 0.15) is 5.75 Å². The number of hydrogen-bond donors (Lipinski definition) is 2. The van der Waals surface area contributed by atoms with E-state index in [2.05, 4.69) is 47.8 Å². The molecule has 0 aliphatic heterocycles. The van der Waals surface area contributed by atoms with Crippen LogP contribution in [0.3, 0.4) is 0 Å². The van der Waals surface area contributed by atoms with E-state index in [9.17, 15) is 4.79 Å². The fraction of sp³-hybridized carbons (Fsp3) is 0.409. The molecule has 26 heavy (non-hydrogen) atoms. The van der Waals surface area contributed by atoms with E-state index in [1.165, 1.54) is 24.0 Å². The third-order valence-corrected chi connectivity index (χ3v) is 4.25. The van der Waals surface area contributed by atoms with Crippen LogP contribution in [-0.4, -0.2) is 30.8 Å². The first-order chi connectivity index (χ1) is 12.7. The van der Waals surface area contributed by atoms with E-state index < -0.39 is 5.97 Å². The summed E-state index contributed by atoms with van der Waals surface area (Å²) in [6, 6.07) is 18.8. The van der Waals surface area contributed by atoms with Crippen LogP contribution in [0.5, 0.6) is 5.75 Å². The molecule has 4 nitrogen and oxygen atoms in total. The maximum atomic E-state index is 10.4. The summed E-state index contributed by atoms with van der Waals surface area (Å²) in [5, 5.41) is 11.7. The van der Waals surface area contributed by atoms with Crippen molar-refractivity contribution in [1.82, 2.24) is 5.32 Å². The molecule has 0 unspecified atom stereocenters. The van der Waals surface area contributed by atoms with Gasteiger partial charge in [0.2, 0.25) is 0 Å². The smallest absolute Gasteiger partial charge is 0.304 e. The highest BCUT2D eigenvalue weighted by Crippen LogP contribution is 2.13. The molecule has 2 rings (SSSR count). The maximum Gasteiger partial charge on any atom is 0.304 e. The Labute approximate surface area is 156 Å². The first-order valence-electron chi connectivity index (χ1n) is 9.42. The summed E-state index contributed by atoms with van der Waals surface area (Å²) in [6.07, 6.45) is 5.63. The number of hydrogen-bond acceptors (Lipinski definition) is 3. The summed E-state index contributed by atoms with van der Waals surface area (Å²) < 4.78 is 5.80. The van der Waals surface area contributed by atoms with Crippen molar-refractivity contribution in [2.45, 2.75) is 38.5 Å². The second-order valence-corrected chi connectivity index (χ2v) is 6.43. The molecule has 0 aliphatic rings. The molecule has 0 heterocycles. The number of carbonyl (C=O) groups is 1. The van der Waals surface area contributed by atoms with Gasteiger partial charge in [0.15, 0.2) is 0 Å². The summed E-state index contributed by atoms with van der Waals surface area (Å²) in [5.74, 6) is 0.148. The monoisotopic (exact) mass is 355 g/mol. The summed E-state index contributed by atoms with van der Waals surface area (Å²) in [6.45, 7) is 2.06. The van der Waals surface area contributed by atoms with E-state index in [0.717, 1.165) is 38.2 Å². The lowest BCUT2D eigenvalue weighted by atomic mass is 10.1. The van der Waals surface area contributed by atoms with Crippen molar-refractivity contribution in [2.75, 3.05) is 19.7 Å². The number of aliphatic carboxylic acids is 1. The zero-order valence-electron chi connectivity index (χ0n) is 15.3. The van der Waals surface area contributed by atoms with Crippen LogP contribution in [0.4, 0.5) is 0 Å². The van der Waals surface area contributed by atoms with Gasteiger partial charge in [-0.15, -0.1) is 0 Å². The summed E-state index contributed by atoms with van der Waals surface area (Å²) >= 11 is 0. The van der Waals surface area contributed by atoms with Crippen LogP contribution in [0.15, 0.2) is 54.6 Å². The van der Waals surface area contributed by atoms with Crippen molar-refractivity contribution in [1.29, 1.82) is 0 Å². The Morgan fingerprint density at radius 3 is 2.31 bits per heavy atom. The minimum atomic E-state index is -0.765. The highest BCUT2D eigenvalue weighted by molar-refractivity contribution is 5.66. The molecule has 0 fully saturated rings. The predicted octanol–water partition coefficient (Wildman–Crippen LogP) is 4.09. The molecule has 0 saturated heterocycles. The van der Waals surface area contributed by atoms with Crippen molar-refractivity contribution in [3.05, 3.63) is 65.7 Å². The van der Waals surface area contributed by atoms with Crippen molar-refractivity contribution in [3.63, 3.8) is 0 Å². The second-order valence-electron chi connectivity index (χ2n) is 6.43. The summed E-state index contributed by atoms with van der Waals surface area (Å²) in [4.78, 5) is 10.4. The van der Waals surface area contributed by atoms with E-state index >= 15 is 0 Å². The Kier molecular flexibility index (Phi) is 9.30. The second kappa shape index (κ2) is 12.1. The molecular weight excluding hydrogens is 326 g/mol. The van der Waals surface area contributed by atoms with Gasteiger partial charge in [0.25, 0.3) is 0 Å². The highest BCUT2D eigenvalue weighted by atomic mass is 16.5. The number of unbranched alkanes of at least 4 members (excludes halogenated alkanes) is 2. The molecular formula is C22H29NO3. The van der Waals surface area contributed by atoms with Crippen molar-refractivity contribution < 1.29 is 14.6 Å². The standard InChI is InChI=1S/C22H29NO3/c24-22(25)15-17-23-16-14-20-10-12-21(13-11-20)26-18-6-2-5-9-19-7-3-1-4-8-19/h1,3-4,7-8,10-13,23H,2,5-6,9,14-18H2,(H,24,25). The van der Waals surface area contributed by atoms with Gasteiger partial charge >= 0.3 is 5.97 Å². The van der Waals surface area contributed by atoms with Crippen LogP contribution < -0.4 is 10.1 Å². The van der Waals surface area contributed by atoms with Crippen molar-refractivity contribution >= 4 is 5.97 Å². The average Bonchev–Trinajstić information content (AvgIpc) is 2.66. The van der Waals surface area contributed by atoms with Gasteiger partial charge in [-0.1, -0.05) is 42.5 Å². The third kappa shape index (κ3) is 8.67. The predicted molar refractivity (Wildman–Crippen MR) is 105 cm³/mol. The van der Waals surface area contributed by atoms with Gasteiger partial charge in [-0.05, 0) is 61.9 Å². The Balaban J connectivity index is 1.52. The lowest BCUT2D eigenvalue weighted by Crippen LogP contribution is -2.20. The number of ether oxygens (including phenoxy) is 1. The first-order valence-corrected chi connectivity index (χ1v) is 9.42. The molecule has 4 heteroatoms. The molecule has 0 bridgehead atoms. The molecule has 2 aromatic carbocycles. The Morgan fingerprint density at radius 1 is 0.846 bits per heavy atom. The van der Waals surface area contributed by atoms with Crippen LogP contribution in [-0.2, 0) is 17.6 Å². The number of benzene rings is 2. The quantitative estimate of drug-likeness (QED) is 0.532. The molecule has 0 atom stereocenters. The number of carboxylic acids is 1. The Hall–Kier alpha value is -2.33. The zero-order chi connectivity index (χ0) is 18.5. The number of aryl methyl sites for hydroxylation is 1. The van der Waals surface area contributed by atoms with Crippen molar-refractivity contribution in [2.24, 2.45) is 0 Å². The van der Waals surface area contributed by atoms with E-state index in [0.29, 0.717) is 6.54 Å². The molecule has 0 saturated carbocycles. The Morgan fingerprint density at radius 2 is 1.58 bits per heavy atom. The topological polar surface area (TPSA) is 58.6 Å². The van der Waals surface area contributed by atoms with Gasteiger partial charge in [-0.2, -0.15) is 0 Å². The normalized spacial score (nSPS) is 10.6. The number of carboxylic acid groups (broad SMARTS) is 1.